The van der Waals surface area contributed by atoms with Crippen LogP contribution in [0.1, 0.15) is 31.9 Å². The van der Waals surface area contributed by atoms with Crippen molar-refractivity contribution in [2.45, 2.75) is 26.2 Å². The number of hydrogen-bond donors (Lipinski definition) is 1. The average molecular weight is 454 g/mol. The van der Waals surface area contributed by atoms with Crippen molar-refractivity contribution < 1.29 is 13.9 Å². The first-order valence-corrected chi connectivity index (χ1v) is 11.0. The molecule has 0 radical (unpaired) electrons. The van der Waals surface area contributed by atoms with Crippen molar-refractivity contribution in [1.82, 2.24) is 0 Å². The first-order valence-electron chi connectivity index (χ1n) is 11.0. The highest BCUT2D eigenvalue weighted by atomic mass is 16.5. The summed E-state index contributed by atoms with van der Waals surface area (Å²) in [5.41, 5.74) is 4.03. The van der Waals surface area contributed by atoms with Crippen molar-refractivity contribution in [3.05, 3.63) is 100 Å². The molecule has 0 saturated carbocycles. The Morgan fingerprint density at radius 3 is 2.29 bits per heavy atom. The predicted molar refractivity (Wildman–Crippen MR) is 137 cm³/mol. The van der Waals surface area contributed by atoms with Gasteiger partial charge in [0.25, 0.3) is 0 Å². The number of methoxy groups -OCH3 is 1. The van der Waals surface area contributed by atoms with Gasteiger partial charge < -0.3 is 14.5 Å². The number of amides is 1. The summed E-state index contributed by atoms with van der Waals surface area (Å²) in [4.78, 5) is 24.9. The van der Waals surface area contributed by atoms with Crippen molar-refractivity contribution in [3.8, 4) is 17.1 Å². The van der Waals surface area contributed by atoms with E-state index in [1.807, 2.05) is 12.1 Å². The van der Waals surface area contributed by atoms with E-state index in [9.17, 15) is 9.59 Å². The molecule has 0 saturated heterocycles. The number of ether oxygens (including phenoxy) is 1. The summed E-state index contributed by atoms with van der Waals surface area (Å²) in [6.07, 6.45) is 3.30. The Bertz CT molecular complexity index is 1410. The standard InChI is InChI=1S/C29H27NO4/c1-29(2,3)21-10-5-19(6-11-21)7-16-28(32)30-22-12-8-20(9-13-22)27-18-25(31)24-17-23(33-4)14-15-26(24)34-27/h5-18H,1-4H3,(H,30,32)/b16-7+. The van der Waals surface area contributed by atoms with Crippen molar-refractivity contribution in [2.75, 3.05) is 12.4 Å². The number of carbonyl (C=O) groups excluding carboxylic acids is 1. The molecule has 5 nitrogen and oxygen atoms in total. The molecule has 5 heteroatoms. The van der Waals surface area contributed by atoms with Crippen LogP contribution in [0.2, 0.25) is 0 Å². The van der Waals surface area contributed by atoms with Crippen LogP contribution in [0.4, 0.5) is 5.69 Å². The average Bonchev–Trinajstić information content (AvgIpc) is 2.82. The highest BCUT2D eigenvalue weighted by molar-refractivity contribution is 6.02. The molecule has 172 valence electrons. The molecule has 34 heavy (non-hydrogen) atoms. The molecule has 0 fully saturated rings. The van der Waals surface area contributed by atoms with Crippen molar-refractivity contribution in [3.63, 3.8) is 0 Å². The third-order valence-electron chi connectivity index (χ3n) is 5.58. The predicted octanol–water partition coefficient (Wildman–Crippen LogP) is 6.42. The zero-order chi connectivity index (χ0) is 24.3. The zero-order valence-electron chi connectivity index (χ0n) is 19.7. The molecule has 4 rings (SSSR count). The Morgan fingerprint density at radius 2 is 1.65 bits per heavy atom. The third kappa shape index (κ3) is 5.26. The number of anilines is 1. The lowest BCUT2D eigenvalue weighted by Gasteiger charge is -2.18. The van der Waals surface area contributed by atoms with Gasteiger partial charge in [0, 0.05) is 23.4 Å². The summed E-state index contributed by atoms with van der Waals surface area (Å²) in [7, 11) is 1.55. The third-order valence-corrected chi connectivity index (χ3v) is 5.58. The van der Waals surface area contributed by atoms with Crippen LogP contribution in [-0.2, 0) is 10.2 Å². The second-order valence-electron chi connectivity index (χ2n) is 9.11. The number of nitrogens with one attached hydrogen (secondary N) is 1. The van der Waals surface area contributed by atoms with Crippen molar-refractivity contribution in [1.29, 1.82) is 0 Å². The second kappa shape index (κ2) is 9.40. The summed E-state index contributed by atoms with van der Waals surface area (Å²) >= 11 is 0. The van der Waals surface area contributed by atoms with E-state index in [0.29, 0.717) is 28.2 Å². The summed E-state index contributed by atoms with van der Waals surface area (Å²) < 4.78 is 11.1. The zero-order valence-corrected chi connectivity index (χ0v) is 19.7. The van der Waals surface area contributed by atoms with E-state index in [2.05, 4.69) is 38.2 Å². The summed E-state index contributed by atoms with van der Waals surface area (Å²) in [6.45, 7) is 6.50. The van der Waals surface area contributed by atoms with E-state index in [4.69, 9.17) is 9.15 Å². The first kappa shape index (κ1) is 23.1. The van der Waals surface area contributed by atoms with Gasteiger partial charge in [-0.15, -0.1) is 0 Å². The van der Waals surface area contributed by atoms with Gasteiger partial charge in [-0.25, -0.2) is 0 Å². The molecule has 1 aromatic heterocycles. The topological polar surface area (TPSA) is 68.5 Å². The minimum Gasteiger partial charge on any atom is -0.497 e. The van der Waals surface area contributed by atoms with Crippen LogP contribution in [0.15, 0.2) is 88.1 Å². The van der Waals surface area contributed by atoms with E-state index >= 15 is 0 Å². The Balaban J connectivity index is 1.45. The Hall–Kier alpha value is -4.12. The number of rotatable bonds is 5. The van der Waals surface area contributed by atoms with Crippen LogP contribution >= 0.6 is 0 Å². The lowest BCUT2D eigenvalue weighted by atomic mass is 9.87. The molecule has 0 bridgehead atoms. The summed E-state index contributed by atoms with van der Waals surface area (Å²) in [5.74, 6) is 0.835. The maximum Gasteiger partial charge on any atom is 0.248 e. The van der Waals surface area contributed by atoms with Crippen LogP contribution in [-0.4, -0.2) is 13.0 Å². The molecule has 0 unspecified atom stereocenters. The van der Waals surface area contributed by atoms with E-state index in [-0.39, 0.29) is 16.8 Å². The molecule has 1 N–H and O–H groups in total. The summed E-state index contributed by atoms with van der Waals surface area (Å²) in [6, 6.07) is 21.9. The van der Waals surface area contributed by atoms with Gasteiger partial charge in [-0.3, -0.25) is 9.59 Å². The molecular weight excluding hydrogens is 426 g/mol. The largest absolute Gasteiger partial charge is 0.497 e. The fourth-order valence-electron chi connectivity index (χ4n) is 3.57. The first-order chi connectivity index (χ1) is 16.2. The number of hydrogen-bond acceptors (Lipinski definition) is 4. The molecule has 0 aliphatic rings. The van der Waals surface area contributed by atoms with Gasteiger partial charge in [-0.05, 0) is 65.1 Å². The Kier molecular flexibility index (Phi) is 6.37. The van der Waals surface area contributed by atoms with Crippen molar-refractivity contribution >= 4 is 28.6 Å². The molecule has 3 aromatic carbocycles. The quantitative estimate of drug-likeness (QED) is 0.354. The molecule has 0 spiro atoms. The minimum absolute atomic E-state index is 0.0920. The van der Waals surface area contributed by atoms with Gasteiger partial charge in [0.1, 0.15) is 17.1 Å². The van der Waals surface area contributed by atoms with E-state index in [1.54, 1.807) is 55.7 Å². The normalized spacial score (nSPS) is 11.6. The molecule has 0 atom stereocenters. The van der Waals surface area contributed by atoms with Crippen LogP contribution < -0.4 is 15.5 Å². The highest BCUT2D eigenvalue weighted by Crippen LogP contribution is 2.26. The van der Waals surface area contributed by atoms with E-state index < -0.39 is 0 Å². The smallest absolute Gasteiger partial charge is 0.248 e. The molecule has 4 aromatic rings. The lowest BCUT2D eigenvalue weighted by Crippen LogP contribution is -2.10. The molecular formula is C29H27NO4. The van der Waals surface area contributed by atoms with Crippen LogP contribution in [0.5, 0.6) is 5.75 Å². The SMILES string of the molecule is COc1ccc2oc(-c3ccc(NC(=O)/C=C/c4ccc(C(C)(C)C)cc4)cc3)cc(=O)c2c1. The van der Waals surface area contributed by atoms with Gasteiger partial charge >= 0.3 is 0 Å². The molecule has 1 heterocycles. The number of benzene rings is 3. The summed E-state index contributed by atoms with van der Waals surface area (Å²) in [5, 5.41) is 3.31. The minimum atomic E-state index is -0.223. The fourth-order valence-corrected chi connectivity index (χ4v) is 3.57. The van der Waals surface area contributed by atoms with Gasteiger partial charge in [0.15, 0.2) is 5.43 Å². The second-order valence-corrected chi connectivity index (χ2v) is 9.11. The van der Waals surface area contributed by atoms with Gasteiger partial charge in [-0.1, -0.05) is 45.0 Å². The van der Waals surface area contributed by atoms with E-state index in [0.717, 1.165) is 11.1 Å². The van der Waals surface area contributed by atoms with Crippen LogP contribution in [0, 0.1) is 0 Å². The number of fused-ring (bicyclic) bond motifs is 1. The van der Waals surface area contributed by atoms with Gasteiger partial charge in [0.05, 0.1) is 12.5 Å². The lowest BCUT2D eigenvalue weighted by molar-refractivity contribution is -0.111. The monoisotopic (exact) mass is 453 g/mol. The Morgan fingerprint density at radius 1 is 0.941 bits per heavy atom. The van der Waals surface area contributed by atoms with E-state index in [1.165, 1.54) is 17.7 Å². The fraction of sp³-hybridized carbons (Fsp3) is 0.172. The van der Waals surface area contributed by atoms with Gasteiger partial charge in [-0.2, -0.15) is 0 Å². The van der Waals surface area contributed by atoms with Gasteiger partial charge in [0.2, 0.25) is 5.91 Å². The maximum absolute atomic E-state index is 12.5. The molecule has 1 amide bonds. The molecule has 0 aliphatic carbocycles. The van der Waals surface area contributed by atoms with Crippen LogP contribution in [0.25, 0.3) is 28.4 Å². The van der Waals surface area contributed by atoms with Crippen LogP contribution in [0.3, 0.4) is 0 Å². The Labute approximate surface area is 198 Å². The maximum atomic E-state index is 12.5. The highest BCUT2D eigenvalue weighted by Gasteiger charge is 2.12. The molecule has 0 aliphatic heterocycles. The number of carbonyl (C=O) groups is 1. The van der Waals surface area contributed by atoms with Crippen molar-refractivity contribution in [2.24, 2.45) is 0 Å².